The van der Waals surface area contributed by atoms with Crippen LogP contribution in [0.5, 0.6) is 0 Å². The van der Waals surface area contributed by atoms with Crippen molar-refractivity contribution < 1.29 is 4.79 Å². The van der Waals surface area contributed by atoms with Crippen molar-refractivity contribution in [1.29, 1.82) is 0 Å². The van der Waals surface area contributed by atoms with Gasteiger partial charge in [-0.1, -0.05) is 0 Å². The molecule has 1 atom stereocenters. The van der Waals surface area contributed by atoms with Crippen molar-refractivity contribution in [2.45, 2.75) is 19.3 Å². The van der Waals surface area contributed by atoms with Crippen LogP contribution in [0.1, 0.15) is 19.3 Å². The molecule has 13 heavy (non-hydrogen) atoms. The summed E-state index contributed by atoms with van der Waals surface area (Å²) in [6, 6.07) is 0. The predicted molar refractivity (Wildman–Crippen MR) is 56.7 cm³/mol. The van der Waals surface area contributed by atoms with Crippen LogP contribution in [0.25, 0.3) is 0 Å². The van der Waals surface area contributed by atoms with Crippen LogP contribution in [0.2, 0.25) is 0 Å². The molecule has 1 saturated heterocycles. The lowest BCUT2D eigenvalue weighted by Crippen LogP contribution is -2.34. The third kappa shape index (κ3) is 4.00. The number of nitrogens with two attached hydrogens (primary N) is 1. The number of amides is 1. The van der Waals surface area contributed by atoms with E-state index in [0.29, 0.717) is 6.54 Å². The van der Waals surface area contributed by atoms with Gasteiger partial charge in [0.05, 0.1) is 0 Å². The number of rotatable bonds is 4. The normalized spacial score (nSPS) is 22.7. The number of nitrogens with one attached hydrogen (secondary N) is 1. The van der Waals surface area contributed by atoms with E-state index in [1.807, 2.05) is 11.8 Å². The molecule has 1 rings (SSSR count). The first kappa shape index (κ1) is 10.9. The van der Waals surface area contributed by atoms with E-state index in [0.717, 1.165) is 25.1 Å². The van der Waals surface area contributed by atoms with E-state index in [2.05, 4.69) is 5.32 Å². The molecular weight excluding hydrogens is 184 g/mol. The summed E-state index contributed by atoms with van der Waals surface area (Å²) in [6.45, 7) is 1.39. The minimum absolute atomic E-state index is 0.223. The molecule has 4 heteroatoms. The second-order valence-electron chi connectivity index (χ2n) is 3.35. The summed E-state index contributed by atoms with van der Waals surface area (Å²) in [5.74, 6) is 2.68. The molecular formula is C9H18N2OS. The van der Waals surface area contributed by atoms with E-state index in [1.54, 1.807) is 0 Å². The first-order chi connectivity index (χ1) is 6.34. The van der Waals surface area contributed by atoms with Crippen molar-refractivity contribution >= 4 is 17.7 Å². The van der Waals surface area contributed by atoms with Crippen LogP contribution >= 0.6 is 11.8 Å². The molecule has 0 aliphatic carbocycles. The van der Waals surface area contributed by atoms with Gasteiger partial charge in [0, 0.05) is 18.2 Å². The zero-order valence-electron chi connectivity index (χ0n) is 7.92. The standard InChI is InChI=1S/C9H18N2OS/c10-4-2-5-11-9(12)8-3-1-6-13-7-8/h8H,1-7,10H2,(H,11,12). The average Bonchev–Trinajstić information content (AvgIpc) is 2.19. The predicted octanol–water partition coefficient (Wildman–Crippen LogP) is 0.595. The maximum absolute atomic E-state index is 11.5. The van der Waals surface area contributed by atoms with Gasteiger partial charge in [-0.15, -0.1) is 0 Å². The molecule has 0 radical (unpaired) electrons. The van der Waals surface area contributed by atoms with Crippen LogP contribution < -0.4 is 11.1 Å². The van der Waals surface area contributed by atoms with Crippen LogP contribution in [0.4, 0.5) is 0 Å². The number of thioether (sulfide) groups is 1. The zero-order chi connectivity index (χ0) is 9.52. The molecule has 0 spiro atoms. The topological polar surface area (TPSA) is 55.1 Å². The van der Waals surface area contributed by atoms with E-state index in [9.17, 15) is 4.79 Å². The molecule has 3 N–H and O–H groups in total. The quantitative estimate of drug-likeness (QED) is 0.656. The Morgan fingerprint density at radius 2 is 2.46 bits per heavy atom. The molecule has 0 saturated carbocycles. The fourth-order valence-corrected chi connectivity index (χ4v) is 2.55. The van der Waals surface area contributed by atoms with Gasteiger partial charge < -0.3 is 11.1 Å². The summed E-state index contributed by atoms with van der Waals surface area (Å²) in [5, 5.41) is 2.92. The third-order valence-electron chi connectivity index (χ3n) is 2.21. The number of carbonyl (C=O) groups is 1. The summed E-state index contributed by atoms with van der Waals surface area (Å²) < 4.78 is 0. The van der Waals surface area contributed by atoms with Crippen molar-refractivity contribution in [3.8, 4) is 0 Å². The molecule has 0 aromatic heterocycles. The molecule has 0 aromatic rings. The van der Waals surface area contributed by atoms with Crippen LogP contribution in [-0.2, 0) is 4.79 Å². The smallest absolute Gasteiger partial charge is 0.223 e. The summed E-state index contributed by atoms with van der Waals surface area (Å²) in [6.07, 6.45) is 3.12. The number of hydrogen-bond acceptors (Lipinski definition) is 3. The second kappa shape index (κ2) is 6.27. The maximum Gasteiger partial charge on any atom is 0.223 e. The SMILES string of the molecule is NCCCNC(=O)C1CCCSC1. The molecule has 1 unspecified atom stereocenters. The van der Waals surface area contributed by atoms with Crippen molar-refractivity contribution in [2.24, 2.45) is 11.7 Å². The Labute approximate surface area is 83.8 Å². The van der Waals surface area contributed by atoms with Gasteiger partial charge in [0.25, 0.3) is 0 Å². The Morgan fingerprint density at radius 1 is 1.62 bits per heavy atom. The summed E-state index contributed by atoms with van der Waals surface area (Å²) in [4.78, 5) is 11.5. The van der Waals surface area contributed by atoms with E-state index in [4.69, 9.17) is 5.73 Å². The van der Waals surface area contributed by atoms with Gasteiger partial charge in [-0.05, 0) is 31.6 Å². The monoisotopic (exact) mass is 202 g/mol. The Hall–Kier alpha value is -0.220. The van der Waals surface area contributed by atoms with Crippen LogP contribution in [-0.4, -0.2) is 30.5 Å². The maximum atomic E-state index is 11.5. The summed E-state index contributed by atoms with van der Waals surface area (Å²) in [5.41, 5.74) is 5.34. The van der Waals surface area contributed by atoms with Gasteiger partial charge >= 0.3 is 0 Å². The molecule has 1 amide bonds. The second-order valence-corrected chi connectivity index (χ2v) is 4.50. The first-order valence-electron chi connectivity index (χ1n) is 4.90. The van der Waals surface area contributed by atoms with E-state index in [1.165, 1.54) is 12.2 Å². The Bertz CT molecular complexity index is 158. The summed E-state index contributed by atoms with van der Waals surface area (Å²) in [7, 11) is 0. The molecule has 1 heterocycles. The lowest BCUT2D eigenvalue weighted by molar-refractivity contribution is -0.124. The molecule has 1 aliphatic heterocycles. The largest absolute Gasteiger partial charge is 0.356 e. The Morgan fingerprint density at radius 3 is 3.08 bits per heavy atom. The minimum atomic E-state index is 0.223. The Balaban J connectivity index is 2.13. The van der Waals surface area contributed by atoms with Crippen LogP contribution in [0.3, 0.4) is 0 Å². The highest BCUT2D eigenvalue weighted by Gasteiger charge is 2.20. The highest BCUT2D eigenvalue weighted by Crippen LogP contribution is 2.22. The minimum Gasteiger partial charge on any atom is -0.356 e. The highest BCUT2D eigenvalue weighted by atomic mass is 32.2. The molecule has 0 aromatic carbocycles. The van der Waals surface area contributed by atoms with Gasteiger partial charge in [-0.2, -0.15) is 11.8 Å². The van der Waals surface area contributed by atoms with Crippen LogP contribution in [0, 0.1) is 5.92 Å². The summed E-state index contributed by atoms with van der Waals surface area (Å²) >= 11 is 1.89. The zero-order valence-corrected chi connectivity index (χ0v) is 8.74. The number of carbonyl (C=O) groups excluding carboxylic acids is 1. The van der Waals surface area contributed by atoms with Gasteiger partial charge in [0.2, 0.25) is 5.91 Å². The highest BCUT2D eigenvalue weighted by molar-refractivity contribution is 7.99. The van der Waals surface area contributed by atoms with Gasteiger partial charge in [-0.3, -0.25) is 4.79 Å². The molecule has 1 fully saturated rings. The lowest BCUT2D eigenvalue weighted by atomic mass is 10.0. The third-order valence-corrected chi connectivity index (χ3v) is 3.43. The molecule has 76 valence electrons. The molecule has 3 nitrogen and oxygen atoms in total. The van der Waals surface area contributed by atoms with E-state index in [-0.39, 0.29) is 11.8 Å². The van der Waals surface area contributed by atoms with Crippen molar-refractivity contribution in [3.05, 3.63) is 0 Å². The van der Waals surface area contributed by atoms with Gasteiger partial charge in [-0.25, -0.2) is 0 Å². The van der Waals surface area contributed by atoms with Crippen molar-refractivity contribution in [2.75, 3.05) is 24.6 Å². The van der Waals surface area contributed by atoms with Crippen molar-refractivity contribution in [3.63, 3.8) is 0 Å². The fraction of sp³-hybridized carbons (Fsp3) is 0.889. The molecule has 1 aliphatic rings. The number of hydrogen-bond donors (Lipinski definition) is 2. The van der Waals surface area contributed by atoms with Crippen molar-refractivity contribution in [1.82, 2.24) is 5.32 Å². The van der Waals surface area contributed by atoms with Gasteiger partial charge in [0.15, 0.2) is 0 Å². The van der Waals surface area contributed by atoms with E-state index < -0.39 is 0 Å². The fourth-order valence-electron chi connectivity index (χ4n) is 1.41. The van der Waals surface area contributed by atoms with Gasteiger partial charge in [0.1, 0.15) is 0 Å². The molecule has 0 bridgehead atoms. The van der Waals surface area contributed by atoms with Crippen LogP contribution in [0.15, 0.2) is 0 Å². The Kier molecular flexibility index (Phi) is 5.23. The lowest BCUT2D eigenvalue weighted by Gasteiger charge is -2.20. The first-order valence-corrected chi connectivity index (χ1v) is 6.05. The average molecular weight is 202 g/mol. The van der Waals surface area contributed by atoms with E-state index >= 15 is 0 Å².